The molecule has 0 bridgehead atoms. The first kappa shape index (κ1) is 12.0. The number of hydrogen-bond acceptors (Lipinski definition) is 4. The third-order valence-corrected chi connectivity index (χ3v) is 2.77. The van der Waals surface area contributed by atoms with Gasteiger partial charge in [-0.1, -0.05) is 6.07 Å². The first-order chi connectivity index (χ1) is 8.29. The van der Waals surface area contributed by atoms with Crippen molar-refractivity contribution in [3.8, 4) is 5.75 Å². The highest BCUT2D eigenvalue weighted by molar-refractivity contribution is 9.10. The number of aromatic nitrogens is 2. The molecule has 0 spiro atoms. The second-order valence-corrected chi connectivity index (χ2v) is 4.23. The van der Waals surface area contributed by atoms with Gasteiger partial charge in [0.2, 0.25) is 0 Å². The van der Waals surface area contributed by atoms with Crippen molar-refractivity contribution in [2.45, 2.75) is 13.2 Å². The molecule has 0 saturated heterocycles. The van der Waals surface area contributed by atoms with Gasteiger partial charge in [-0.05, 0) is 39.7 Å². The summed E-state index contributed by atoms with van der Waals surface area (Å²) in [6.45, 7) is 0.332. The van der Waals surface area contributed by atoms with E-state index in [4.69, 9.17) is 9.84 Å². The van der Waals surface area contributed by atoms with E-state index in [0.717, 1.165) is 10.0 Å². The normalized spacial score (nSPS) is 10.2. The van der Waals surface area contributed by atoms with Crippen LogP contribution in [0.1, 0.15) is 11.4 Å². The molecule has 1 N–H and O–H groups in total. The Bertz CT molecular complexity index is 491. The van der Waals surface area contributed by atoms with E-state index in [-0.39, 0.29) is 6.61 Å². The van der Waals surface area contributed by atoms with Crippen molar-refractivity contribution < 1.29 is 9.84 Å². The Balaban J connectivity index is 2.04. The van der Waals surface area contributed by atoms with Gasteiger partial charge in [-0.2, -0.15) is 0 Å². The Labute approximate surface area is 107 Å². The maximum Gasteiger partial charge on any atom is 0.166 e. The van der Waals surface area contributed by atoms with E-state index < -0.39 is 0 Å². The molecule has 0 amide bonds. The SMILES string of the molecule is OCc1ccc(OCc2ncccn2)c(Br)c1. The third-order valence-electron chi connectivity index (χ3n) is 2.15. The summed E-state index contributed by atoms with van der Waals surface area (Å²) in [7, 11) is 0. The van der Waals surface area contributed by atoms with Crippen LogP contribution in [0.15, 0.2) is 41.1 Å². The van der Waals surface area contributed by atoms with Crippen LogP contribution in [0.5, 0.6) is 5.75 Å². The van der Waals surface area contributed by atoms with E-state index >= 15 is 0 Å². The molecule has 0 saturated carbocycles. The van der Waals surface area contributed by atoms with E-state index in [1.807, 2.05) is 12.1 Å². The van der Waals surface area contributed by atoms with Gasteiger partial charge in [-0.25, -0.2) is 9.97 Å². The lowest BCUT2D eigenvalue weighted by atomic mass is 10.2. The Morgan fingerprint density at radius 1 is 1.24 bits per heavy atom. The molecule has 1 heterocycles. The van der Waals surface area contributed by atoms with Gasteiger partial charge >= 0.3 is 0 Å². The van der Waals surface area contributed by atoms with Gasteiger partial charge in [0.1, 0.15) is 12.4 Å². The monoisotopic (exact) mass is 294 g/mol. The Kier molecular flexibility index (Phi) is 4.06. The highest BCUT2D eigenvalue weighted by atomic mass is 79.9. The smallest absolute Gasteiger partial charge is 0.166 e. The van der Waals surface area contributed by atoms with E-state index in [9.17, 15) is 0 Å². The highest BCUT2D eigenvalue weighted by Gasteiger charge is 2.03. The molecule has 4 nitrogen and oxygen atoms in total. The first-order valence-corrected chi connectivity index (χ1v) is 5.87. The fourth-order valence-electron chi connectivity index (χ4n) is 1.31. The minimum atomic E-state index is 0.0146. The maximum absolute atomic E-state index is 8.98. The number of hydrogen-bond donors (Lipinski definition) is 1. The largest absolute Gasteiger partial charge is 0.484 e. The zero-order valence-electron chi connectivity index (χ0n) is 9.01. The second kappa shape index (κ2) is 5.75. The predicted octanol–water partition coefficient (Wildman–Crippen LogP) is 2.31. The van der Waals surface area contributed by atoms with Gasteiger partial charge in [-0.3, -0.25) is 0 Å². The number of halogens is 1. The van der Waals surface area contributed by atoms with Crippen molar-refractivity contribution in [1.82, 2.24) is 9.97 Å². The molecule has 0 fully saturated rings. The third kappa shape index (κ3) is 3.25. The minimum Gasteiger partial charge on any atom is -0.484 e. The van der Waals surface area contributed by atoms with E-state index in [1.54, 1.807) is 24.5 Å². The summed E-state index contributed by atoms with van der Waals surface area (Å²) >= 11 is 3.38. The lowest BCUT2D eigenvalue weighted by molar-refractivity contribution is 0.279. The zero-order chi connectivity index (χ0) is 12.1. The topological polar surface area (TPSA) is 55.2 Å². The minimum absolute atomic E-state index is 0.0146. The van der Waals surface area contributed by atoms with Crippen LogP contribution >= 0.6 is 15.9 Å². The van der Waals surface area contributed by atoms with Crippen LogP contribution in [-0.2, 0) is 13.2 Å². The summed E-state index contributed by atoms with van der Waals surface area (Å²) in [5.74, 6) is 1.33. The van der Waals surface area contributed by atoms with Crippen LogP contribution in [0.4, 0.5) is 0 Å². The molecule has 0 aliphatic rings. The molecular formula is C12H11BrN2O2. The molecule has 88 valence electrons. The summed E-state index contributed by atoms with van der Waals surface area (Å²) in [6.07, 6.45) is 3.35. The Hall–Kier alpha value is -1.46. The fourth-order valence-corrected chi connectivity index (χ4v) is 1.85. The summed E-state index contributed by atoms with van der Waals surface area (Å²) in [5, 5.41) is 8.98. The van der Waals surface area contributed by atoms with Crippen LogP contribution in [0.25, 0.3) is 0 Å². The van der Waals surface area contributed by atoms with Crippen molar-refractivity contribution in [2.24, 2.45) is 0 Å². The van der Waals surface area contributed by atoms with Crippen LogP contribution in [-0.4, -0.2) is 15.1 Å². The fraction of sp³-hybridized carbons (Fsp3) is 0.167. The van der Waals surface area contributed by atoms with Crippen molar-refractivity contribution in [3.63, 3.8) is 0 Å². The summed E-state index contributed by atoms with van der Waals surface area (Å²) < 4.78 is 6.37. The van der Waals surface area contributed by atoms with E-state index in [0.29, 0.717) is 18.2 Å². The highest BCUT2D eigenvalue weighted by Crippen LogP contribution is 2.26. The lowest BCUT2D eigenvalue weighted by Crippen LogP contribution is -2.01. The molecule has 2 aromatic rings. The molecule has 1 aromatic carbocycles. The summed E-state index contributed by atoms with van der Waals surface area (Å²) in [5.41, 5.74) is 0.834. The molecule has 0 aliphatic carbocycles. The van der Waals surface area contributed by atoms with Gasteiger partial charge in [0.05, 0.1) is 11.1 Å². The van der Waals surface area contributed by atoms with Crippen molar-refractivity contribution in [1.29, 1.82) is 0 Å². The van der Waals surface area contributed by atoms with Gasteiger partial charge in [0.15, 0.2) is 5.82 Å². The predicted molar refractivity (Wildman–Crippen MR) is 66.4 cm³/mol. The standard InChI is InChI=1S/C12H11BrN2O2/c13-10-6-9(7-16)2-3-11(10)17-8-12-14-4-1-5-15-12/h1-6,16H,7-8H2. The van der Waals surface area contributed by atoms with Crippen LogP contribution in [0, 0.1) is 0 Å². The number of aliphatic hydroxyl groups excluding tert-OH is 1. The molecule has 0 aliphatic heterocycles. The lowest BCUT2D eigenvalue weighted by Gasteiger charge is -2.08. The molecule has 5 heteroatoms. The number of ether oxygens (including phenoxy) is 1. The van der Waals surface area contributed by atoms with Crippen LogP contribution in [0.3, 0.4) is 0 Å². The number of aliphatic hydroxyl groups is 1. The molecule has 0 atom stereocenters. The average molecular weight is 295 g/mol. The van der Waals surface area contributed by atoms with Gasteiger partial charge in [0, 0.05) is 12.4 Å². The number of nitrogens with zero attached hydrogens (tertiary/aromatic N) is 2. The molecular weight excluding hydrogens is 284 g/mol. The summed E-state index contributed by atoms with van der Waals surface area (Å²) in [6, 6.07) is 7.20. The van der Waals surface area contributed by atoms with Crippen LogP contribution in [0.2, 0.25) is 0 Å². The van der Waals surface area contributed by atoms with Gasteiger partial charge in [-0.15, -0.1) is 0 Å². The molecule has 1 aromatic heterocycles. The zero-order valence-corrected chi connectivity index (χ0v) is 10.6. The second-order valence-electron chi connectivity index (χ2n) is 3.38. The summed E-state index contributed by atoms with van der Waals surface area (Å²) in [4.78, 5) is 8.13. The average Bonchev–Trinajstić information content (AvgIpc) is 2.38. The van der Waals surface area contributed by atoms with E-state index in [1.165, 1.54) is 0 Å². The molecule has 2 rings (SSSR count). The van der Waals surface area contributed by atoms with E-state index in [2.05, 4.69) is 25.9 Å². The first-order valence-electron chi connectivity index (χ1n) is 5.07. The quantitative estimate of drug-likeness (QED) is 0.940. The van der Waals surface area contributed by atoms with Crippen molar-refractivity contribution >= 4 is 15.9 Å². The van der Waals surface area contributed by atoms with Gasteiger partial charge in [0.25, 0.3) is 0 Å². The number of rotatable bonds is 4. The molecule has 0 radical (unpaired) electrons. The number of benzene rings is 1. The molecule has 0 unspecified atom stereocenters. The maximum atomic E-state index is 8.98. The van der Waals surface area contributed by atoms with Crippen molar-refractivity contribution in [2.75, 3.05) is 0 Å². The Morgan fingerprint density at radius 3 is 2.65 bits per heavy atom. The van der Waals surface area contributed by atoms with Gasteiger partial charge < -0.3 is 9.84 Å². The van der Waals surface area contributed by atoms with Crippen LogP contribution < -0.4 is 4.74 Å². The van der Waals surface area contributed by atoms with Crippen molar-refractivity contribution in [3.05, 3.63) is 52.5 Å². The molecule has 17 heavy (non-hydrogen) atoms. The Morgan fingerprint density at radius 2 is 2.00 bits per heavy atom.